The third-order valence-electron chi connectivity index (χ3n) is 11.1. The molecule has 8 amide bonds. The van der Waals surface area contributed by atoms with Gasteiger partial charge in [0.15, 0.2) is 0 Å². The Morgan fingerprint density at radius 2 is 1.04 bits per heavy atom. The van der Waals surface area contributed by atoms with E-state index < -0.39 is 35.8 Å². The summed E-state index contributed by atoms with van der Waals surface area (Å²) >= 11 is 4.08. The lowest BCUT2D eigenvalue weighted by Gasteiger charge is -2.21. The van der Waals surface area contributed by atoms with Gasteiger partial charge in [0.2, 0.25) is 35.4 Å². The summed E-state index contributed by atoms with van der Waals surface area (Å²) in [5.41, 5.74) is 10.0. The highest BCUT2D eigenvalue weighted by molar-refractivity contribution is 7.80. The number of urea groups is 1. The van der Waals surface area contributed by atoms with Crippen molar-refractivity contribution in [3.63, 3.8) is 0 Å². The van der Waals surface area contributed by atoms with Crippen LogP contribution in [0.4, 0.5) is 16.2 Å². The van der Waals surface area contributed by atoms with Crippen LogP contribution >= 0.6 is 12.6 Å². The lowest BCUT2D eigenvalue weighted by molar-refractivity contribution is -0.133. The van der Waals surface area contributed by atoms with Gasteiger partial charge in [-0.2, -0.15) is 12.6 Å². The van der Waals surface area contributed by atoms with Gasteiger partial charge in [-0.05, 0) is 59.2 Å². The van der Waals surface area contributed by atoms with E-state index in [9.17, 15) is 33.6 Å². The number of fused-ring (bicyclic) bond motifs is 1. The number of carbonyl (C=O) groups is 7. The standard InChI is InChI=1S/C54H69N9O14S/c55-52(68)47(37-78)63-53(69)46(31-40-32-59-45-9-5-4-8-44(40)45)62-51(67)36-76-29-26-73-23-20-58-50(66)35-75-28-25-72-22-19-57-49(65)34-74-27-24-71-21-18-56-48(64)30-38-10-12-41(13-11-38)60-54(70)61-42-14-16-43(17-15-42)77-33-39-6-2-1-3-7-39/h1-17,32,46-47,59,78H,18-31,33-37H2,(H2,55,68)(H,56,64)(H,57,65)(H,58,66)(H,62,67)(H,63,69)(H2,60,61,70)/t46-,47-/m0/s1. The van der Waals surface area contributed by atoms with E-state index in [1.807, 2.05) is 54.6 Å². The molecule has 1 aromatic heterocycles. The van der Waals surface area contributed by atoms with E-state index in [4.69, 9.17) is 38.9 Å². The molecule has 420 valence electrons. The summed E-state index contributed by atoms with van der Waals surface area (Å²) in [6.07, 6.45) is 2.04. The number of nitrogens with two attached hydrogens (primary N) is 1. The fourth-order valence-electron chi connectivity index (χ4n) is 7.11. The van der Waals surface area contributed by atoms with Crippen LogP contribution in [-0.2, 0) is 76.6 Å². The Labute approximate surface area is 457 Å². The zero-order valence-electron chi connectivity index (χ0n) is 43.2. The molecule has 78 heavy (non-hydrogen) atoms. The van der Waals surface area contributed by atoms with E-state index >= 15 is 0 Å². The third-order valence-corrected chi connectivity index (χ3v) is 11.4. The Bertz CT molecular complexity index is 2630. The molecule has 2 atom stereocenters. The van der Waals surface area contributed by atoms with Crippen LogP contribution in [0.1, 0.15) is 16.7 Å². The van der Waals surface area contributed by atoms with Crippen LogP contribution in [0.5, 0.6) is 5.75 Å². The summed E-state index contributed by atoms with van der Waals surface area (Å²) in [5.74, 6) is -2.09. The van der Waals surface area contributed by atoms with Gasteiger partial charge in [-0.1, -0.05) is 60.7 Å². The topological polar surface area (TPSA) is 310 Å². The van der Waals surface area contributed by atoms with Crippen molar-refractivity contribution in [2.24, 2.45) is 5.73 Å². The highest BCUT2D eigenvalue weighted by Crippen LogP contribution is 2.20. The van der Waals surface area contributed by atoms with E-state index in [2.05, 4.69) is 54.8 Å². The number of hydrogen-bond donors (Lipinski definition) is 10. The summed E-state index contributed by atoms with van der Waals surface area (Å²) in [6, 6.07) is 28.9. The van der Waals surface area contributed by atoms with Crippen LogP contribution in [-0.4, -0.2) is 163 Å². The first-order valence-corrected chi connectivity index (χ1v) is 25.8. The van der Waals surface area contributed by atoms with Gasteiger partial charge >= 0.3 is 6.03 Å². The number of aromatic amines is 1. The molecule has 0 spiro atoms. The van der Waals surface area contributed by atoms with E-state index in [0.29, 0.717) is 30.3 Å². The van der Waals surface area contributed by atoms with Gasteiger partial charge in [-0.25, -0.2) is 4.79 Å². The number of H-pyrrole nitrogens is 1. The van der Waals surface area contributed by atoms with Gasteiger partial charge in [-0.15, -0.1) is 0 Å². The number of para-hydroxylation sites is 1. The number of nitrogens with one attached hydrogen (secondary N) is 8. The Morgan fingerprint density at radius 1 is 0.526 bits per heavy atom. The van der Waals surface area contributed by atoms with Crippen molar-refractivity contribution in [3.05, 3.63) is 126 Å². The second-order valence-electron chi connectivity index (χ2n) is 17.1. The average molecular weight is 1100 g/mol. The van der Waals surface area contributed by atoms with Gasteiger partial charge in [0, 0.05) is 60.3 Å². The summed E-state index contributed by atoms with van der Waals surface area (Å²) in [4.78, 5) is 89.7. The molecule has 23 nitrogen and oxygen atoms in total. The highest BCUT2D eigenvalue weighted by atomic mass is 32.1. The molecule has 0 aliphatic carbocycles. The average Bonchev–Trinajstić information content (AvgIpc) is 3.87. The predicted molar refractivity (Wildman–Crippen MR) is 293 cm³/mol. The first kappa shape index (κ1) is 61.3. The largest absolute Gasteiger partial charge is 0.489 e. The summed E-state index contributed by atoms with van der Waals surface area (Å²) < 4.78 is 38.2. The van der Waals surface area contributed by atoms with Gasteiger partial charge < -0.3 is 81.1 Å². The summed E-state index contributed by atoms with van der Waals surface area (Å²) in [7, 11) is 0. The quantitative estimate of drug-likeness (QED) is 0.0200. The SMILES string of the molecule is NC(=O)[C@H](CS)NC(=O)[C@H](Cc1c[nH]c2ccccc12)NC(=O)COCCOCCNC(=O)COCCOCCNC(=O)COCCOCCNC(=O)Cc1ccc(NC(=O)Nc2ccc(OCc3ccccc3)cc2)cc1. The Morgan fingerprint density at radius 3 is 1.60 bits per heavy atom. The number of hydrogen-bond acceptors (Lipinski definition) is 15. The molecule has 5 aromatic rings. The van der Waals surface area contributed by atoms with Crippen LogP contribution in [0.25, 0.3) is 10.9 Å². The molecule has 0 unspecified atom stereocenters. The molecule has 5 rings (SSSR count). The van der Waals surface area contributed by atoms with E-state index in [-0.39, 0.29) is 129 Å². The van der Waals surface area contributed by atoms with Crippen LogP contribution < -0.4 is 47.7 Å². The van der Waals surface area contributed by atoms with Crippen molar-refractivity contribution in [2.75, 3.05) is 115 Å². The number of carbonyl (C=O) groups excluding carboxylic acids is 7. The van der Waals surface area contributed by atoms with Crippen molar-refractivity contribution in [1.29, 1.82) is 0 Å². The monoisotopic (exact) mass is 1100 g/mol. The number of amides is 8. The molecule has 24 heteroatoms. The molecule has 0 bridgehead atoms. The molecule has 4 aromatic carbocycles. The second kappa shape index (κ2) is 35.7. The van der Waals surface area contributed by atoms with Crippen molar-refractivity contribution >= 4 is 76.4 Å². The lowest BCUT2D eigenvalue weighted by Crippen LogP contribution is -2.54. The molecular formula is C54H69N9O14S. The Hall–Kier alpha value is -7.58. The highest BCUT2D eigenvalue weighted by Gasteiger charge is 2.26. The maximum Gasteiger partial charge on any atom is 0.323 e. The number of ether oxygens (including phenoxy) is 7. The minimum atomic E-state index is -1.03. The molecule has 0 aliphatic heterocycles. The Balaban J connectivity index is 0.771. The molecule has 0 saturated heterocycles. The lowest BCUT2D eigenvalue weighted by atomic mass is 10.0. The van der Waals surface area contributed by atoms with Crippen LogP contribution in [0.15, 0.2) is 109 Å². The summed E-state index contributed by atoms with van der Waals surface area (Å²) in [6.45, 7) is 2.18. The van der Waals surface area contributed by atoms with E-state index in [0.717, 1.165) is 27.6 Å². The maximum atomic E-state index is 13.1. The van der Waals surface area contributed by atoms with Crippen LogP contribution in [0.2, 0.25) is 0 Å². The van der Waals surface area contributed by atoms with Crippen molar-refractivity contribution in [3.8, 4) is 5.75 Å². The van der Waals surface area contributed by atoms with Gasteiger partial charge in [0.25, 0.3) is 0 Å². The van der Waals surface area contributed by atoms with Gasteiger partial charge in [0.05, 0.1) is 65.9 Å². The number of rotatable bonds is 38. The van der Waals surface area contributed by atoms with Crippen LogP contribution in [0, 0.1) is 0 Å². The number of thiol groups is 1. The molecule has 0 fully saturated rings. The van der Waals surface area contributed by atoms with Crippen LogP contribution in [0.3, 0.4) is 0 Å². The summed E-state index contributed by atoms with van der Waals surface area (Å²) in [5, 5.41) is 19.8. The fraction of sp³-hybridized carbons (Fsp3) is 0.389. The first-order valence-electron chi connectivity index (χ1n) is 25.2. The zero-order valence-corrected chi connectivity index (χ0v) is 44.1. The van der Waals surface area contributed by atoms with Gasteiger partial charge in [-0.3, -0.25) is 28.8 Å². The normalized spacial score (nSPS) is 11.7. The van der Waals surface area contributed by atoms with Crippen molar-refractivity contribution in [1.82, 2.24) is 31.6 Å². The fourth-order valence-corrected chi connectivity index (χ4v) is 7.38. The predicted octanol–water partition coefficient (Wildman–Crippen LogP) is 2.01. The maximum absolute atomic E-state index is 13.1. The molecule has 0 saturated carbocycles. The second-order valence-corrected chi connectivity index (χ2v) is 17.5. The number of primary amides is 1. The molecule has 10 N–H and O–H groups in total. The number of aromatic nitrogens is 1. The minimum Gasteiger partial charge on any atom is -0.489 e. The zero-order chi connectivity index (χ0) is 55.6. The molecule has 1 heterocycles. The third kappa shape index (κ3) is 24.6. The Kier molecular flexibility index (Phi) is 28.0. The number of anilines is 2. The van der Waals surface area contributed by atoms with E-state index in [1.165, 1.54) is 0 Å². The van der Waals surface area contributed by atoms with Crippen molar-refractivity contribution in [2.45, 2.75) is 31.5 Å². The first-order chi connectivity index (χ1) is 37.9. The number of benzene rings is 4. The smallest absolute Gasteiger partial charge is 0.323 e. The molecule has 0 radical (unpaired) electrons. The van der Waals surface area contributed by atoms with Gasteiger partial charge in [0.1, 0.15) is 44.3 Å². The minimum absolute atomic E-state index is 0.0112. The van der Waals surface area contributed by atoms with E-state index in [1.54, 1.807) is 54.7 Å². The van der Waals surface area contributed by atoms with Crippen molar-refractivity contribution < 1.29 is 66.7 Å². The molecular weight excluding hydrogens is 1030 g/mol. The molecule has 0 aliphatic rings.